The molecule has 0 saturated carbocycles. The van der Waals surface area contributed by atoms with E-state index in [0.717, 1.165) is 12.1 Å². The normalized spacial score (nSPS) is 18.8. The van der Waals surface area contributed by atoms with Crippen LogP contribution in [0.15, 0.2) is 23.1 Å². The number of sulfonamides is 1. The van der Waals surface area contributed by atoms with E-state index in [1.807, 2.05) is 0 Å². The van der Waals surface area contributed by atoms with Gasteiger partial charge in [0.2, 0.25) is 0 Å². The summed E-state index contributed by atoms with van der Waals surface area (Å²) in [6.07, 6.45) is -0.210. The van der Waals surface area contributed by atoms with E-state index in [4.69, 9.17) is 10.5 Å². The van der Waals surface area contributed by atoms with E-state index in [9.17, 15) is 17.6 Å². The number of ether oxygens (including phenoxy) is 1. The largest absolute Gasteiger partial charge is 0.368 e. The highest BCUT2D eigenvalue weighted by Gasteiger charge is 2.28. The molecular formula is C9H9FN2O4S. The molecule has 8 heteroatoms. The first-order valence-corrected chi connectivity index (χ1v) is 6.12. The fraction of sp³-hybridized carbons (Fsp3) is 0.222. The number of epoxide rings is 1. The quantitative estimate of drug-likeness (QED) is 0.760. The number of primary amides is 1. The molecule has 1 aliphatic rings. The maximum absolute atomic E-state index is 13.4. The molecule has 1 saturated heterocycles. The Bertz CT molecular complexity index is 568. The van der Waals surface area contributed by atoms with Gasteiger partial charge in [-0.3, -0.25) is 0 Å². The van der Waals surface area contributed by atoms with Gasteiger partial charge in [-0.2, -0.15) is 0 Å². The Labute approximate surface area is 96.6 Å². The lowest BCUT2D eigenvalue weighted by molar-refractivity contribution is 0.253. The highest BCUT2D eigenvalue weighted by molar-refractivity contribution is 7.90. The van der Waals surface area contributed by atoms with E-state index in [1.165, 1.54) is 10.8 Å². The van der Waals surface area contributed by atoms with E-state index < -0.39 is 26.8 Å². The molecule has 3 N–H and O–H groups in total. The van der Waals surface area contributed by atoms with Crippen molar-refractivity contribution in [2.45, 2.75) is 11.0 Å². The molecule has 1 aromatic rings. The van der Waals surface area contributed by atoms with E-state index in [-0.39, 0.29) is 6.10 Å². The number of halogens is 1. The fourth-order valence-corrected chi connectivity index (χ4v) is 2.34. The van der Waals surface area contributed by atoms with Gasteiger partial charge >= 0.3 is 6.03 Å². The summed E-state index contributed by atoms with van der Waals surface area (Å²) >= 11 is 0. The highest BCUT2D eigenvalue weighted by atomic mass is 32.2. The van der Waals surface area contributed by atoms with Crippen LogP contribution in [0.25, 0.3) is 0 Å². The van der Waals surface area contributed by atoms with Gasteiger partial charge in [-0.15, -0.1) is 0 Å². The van der Waals surface area contributed by atoms with Crippen molar-refractivity contribution in [3.63, 3.8) is 0 Å². The Morgan fingerprint density at radius 2 is 2.18 bits per heavy atom. The van der Waals surface area contributed by atoms with Gasteiger partial charge in [-0.1, -0.05) is 6.07 Å². The molecule has 0 aromatic heterocycles. The van der Waals surface area contributed by atoms with Gasteiger partial charge < -0.3 is 10.5 Å². The topological polar surface area (TPSA) is 102 Å². The van der Waals surface area contributed by atoms with E-state index in [2.05, 4.69) is 0 Å². The number of hydrogen-bond acceptors (Lipinski definition) is 4. The van der Waals surface area contributed by atoms with Crippen LogP contribution >= 0.6 is 0 Å². The number of rotatable bonds is 3. The minimum atomic E-state index is -4.27. The SMILES string of the molecule is NC(=O)NS(=O)(=O)c1cc(C2CO2)ccc1F. The molecule has 1 atom stereocenters. The minimum absolute atomic E-state index is 0.210. The average molecular weight is 260 g/mol. The highest BCUT2D eigenvalue weighted by Crippen LogP contribution is 2.31. The van der Waals surface area contributed by atoms with E-state index >= 15 is 0 Å². The summed E-state index contributed by atoms with van der Waals surface area (Å²) in [7, 11) is -4.27. The fourth-order valence-electron chi connectivity index (χ4n) is 1.35. The Kier molecular flexibility index (Phi) is 2.76. The lowest BCUT2D eigenvalue weighted by atomic mass is 10.2. The molecule has 0 aliphatic carbocycles. The number of benzene rings is 1. The maximum Gasteiger partial charge on any atom is 0.326 e. The summed E-state index contributed by atoms with van der Waals surface area (Å²) in [4.78, 5) is 9.89. The number of urea groups is 1. The predicted octanol–water partition coefficient (Wildman–Crippen LogP) is 0.254. The Morgan fingerprint density at radius 1 is 1.53 bits per heavy atom. The van der Waals surface area contributed by atoms with Crippen LogP contribution in [0.2, 0.25) is 0 Å². The molecule has 6 nitrogen and oxygen atoms in total. The van der Waals surface area contributed by atoms with Crippen LogP contribution in [0, 0.1) is 5.82 Å². The van der Waals surface area contributed by atoms with Crippen molar-refractivity contribution in [1.82, 2.24) is 4.72 Å². The monoisotopic (exact) mass is 260 g/mol. The standard InChI is InChI=1S/C9H9FN2O4S/c10-6-2-1-5(7-4-16-7)3-8(6)17(14,15)12-9(11)13/h1-3,7H,4H2,(H3,11,12,13). The van der Waals surface area contributed by atoms with Crippen molar-refractivity contribution in [1.29, 1.82) is 0 Å². The Balaban J connectivity index is 2.42. The molecule has 92 valence electrons. The lowest BCUT2D eigenvalue weighted by Gasteiger charge is -2.06. The van der Waals surface area contributed by atoms with Gasteiger partial charge in [0.15, 0.2) is 0 Å². The summed E-state index contributed by atoms with van der Waals surface area (Å²) in [6, 6.07) is 2.29. The van der Waals surface area contributed by atoms with Crippen LogP contribution in [0.1, 0.15) is 11.7 Å². The minimum Gasteiger partial charge on any atom is -0.368 e. The summed E-state index contributed by atoms with van der Waals surface area (Å²) in [5.41, 5.74) is 5.24. The van der Waals surface area contributed by atoms with Crippen LogP contribution in [-0.2, 0) is 14.8 Å². The first-order valence-electron chi connectivity index (χ1n) is 4.63. The number of carbonyl (C=O) groups excluding carboxylic acids is 1. The zero-order chi connectivity index (χ0) is 12.6. The number of carbonyl (C=O) groups is 1. The molecule has 1 unspecified atom stereocenters. The van der Waals surface area contributed by atoms with Gasteiger partial charge in [0.05, 0.1) is 6.61 Å². The molecule has 0 bridgehead atoms. The first kappa shape index (κ1) is 11.8. The number of nitrogens with two attached hydrogens (primary N) is 1. The van der Waals surface area contributed by atoms with Crippen LogP contribution in [0.3, 0.4) is 0 Å². The Morgan fingerprint density at radius 3 is 2.71 bits per heavy atom. The van der Waals surface area contributed by atoms with Gasteiger partial charge in [0.25, 0.3) is 10.0 Å². The molecule has 1 aromatic carbocycles. The van der Waals surface area contributed by atoms with Crippen molar-refractivity contribution < 1.29 is 22.3 Å². The lowest BCUT2D eigenvalue weighted by Crippen LogP contribution is -2.35. The van der Waals surface area contributed by atoms with Crippen molar-refractivity contribution in [3.05, 3.63) is 29.6 Å². The van der Waals surface area contributed by atoms with Gasteiger partial charge in [-0.25, -0.2) is 22.3 Å². The second kappa shape index (κ2) is 3.97. The average Bonchev–Trinajstić information content (AvgIpc) is 2.99. The third-order valence-corrected chi connectivity index (χ3v) is 3.55. The summed E-state index contributed by atoms with van der Waals surface area (Å²) in [5.74, 6) is -0.955. The number of amides is 2. The predicted molar refractivity (Wildman–Crippen MR) is 55.0 cm³/mol. The van der Waals surface area contributed by atoms with Gasteiger partial charge in [-0.05, 0) is 17.7 Å². The molecule has 1 heterocycles. The summed E-state index contributed by atoms with van der Waals surface area (Å²) < 4.78 is 43.0. The van der Waals surface area contributed by atoms with Gasteiger partial charge in [0, 0.05) is 0 Å². The number of nitrogens with one attached hydrogen (secondary N) is 1. The van der Waals surface area contributed by atoms with Crippen LogP contribution < -0.4 is 10.5 Å². The van der Waals surface area contributed by atoms with Crippen molar-refractivity contribution in [2.75, 3.05) is 6.61 Å². The van der Waals surface area contributed by atoms with Crippen molar-refractivity contribution in [3.8, 4) is 0 Å². The first-order chi connectivity index (χ1) is 7.90. The molecule has 1 fully saturated rings. The maximum atomic E-state index is 13.4. The zero-order valence-corrected chi connectivity index (χ0v) is 9.33. The third-order valence-electron chi connectivity index (χ3n) is 2.18. The third kappa shape index (κ3) is 2.53. The second-order valence-corrected chi connectivity index (χ2v) is 5.13. The molecule has 0 radical (unpaired) electrons. The molecule has 0 spiro atoms. The van der Waals surface area contributed by atoms with Gasteiger partial charge in [0.1, 0.15) is 16.8 Å². The summed E-state index contributed by atoms with van der Waals surface area (Å²) in [6.45, 7) is 0.467. The molecule has 2 rings (SSSR count). The zero-order valence-electron chi connectivity index (χ0n) is 8.51. The van der Waals surface area contributed by atoms with E-state index in [1.54, 1.807) is 0 Å². The molecule has 1 aliphatic heterocycles. The van der Waals surface area contributed by atoms with Crippen molar-refractivity contribution >= 4 is 16.1 Å². The van der Waals surface area contributed by atoms with Crippen LogP contribution in [0.4, 0.5) is 9.18 Å². The smallest absolute Gasteiger partial charge is 0.326 e. The van der Waals surface area contributed by atoms with E-state index in [0.29, 0.717) is 12.2 Å². The van der Waals surface area contributed by atoms with Crippen LogP contribution in [-0.4, -0.2) is 21.1 Å². The molecular weight excluding hydrogens is 251 g/mol. The van der Waals surface area contributed by atoms with Crippen LogP contribution in [0.5, 0.6) is 0 Å². The second-order valence-electron chi connectivity index (χ2n) is 3.48. The number of hydrogen-bond donors (Lipinski definition) is 2. The van der Waals surface area contributed by atoms with Crippen molar-refractivity contribution in [2.24, 2.45) is 5.73 Å². The molecule has 17 heavy (non-hydrogen) atoms. The Hall–Kier alpha value is -1.67. The summed E-state index contributed by atoms with van der Waals surface area (Å²) in [5, 5.41) is 0. The molecule has 2 amide bonds.